The maximum atomic E-state index is 13.2. The summed E-state index contributed by atoms with van der Waals surface area (Å²) in [6.45, 7) is 2.02. The molecule has 1 heterocycles. The minimum atomic E-state index is -2.71. The smallest absolute Gasteiger partial charge is 0.297 e. The molecule has 0 aliphatic rings. The van der Waals surface area contributed by atoms with E-state index in [4.69, 9.17) is 0 Å². The molecule has 0 radical (unpaired) electrons. The van der Waals surface area contributed by atoms with Crippen molar-refractivity contribution < 1.29 is 8.78 Å². The van der Waals surface area contributed by atoms with Gasteiger partial charge in [-0.25, -0.2) is 18.7 Å². The molecule has 136 valence electrons. The molecule has 4 nitrogen and oxygen atoms in total. The minimum Gasteiger partial charge on any atom is -0.365 e. The SMILES string of the molecule is C[C@H](Nc1nc(C(F)F)nc2ccccc12)[C@H](c1ccccc1)N(C)C. The van der Waals surface area contributed by atoms with Crippen LogP contribution in [0, 0.1) is 0 Å². The van der Waals surface area contributed by atoms with Gasteiger partial charge in [0, 0.05) is 11.4 Å². The van der Waals surface area contributed by atoms with E-state index < -0.39 is 12.2 Å². The quantitative estimate of drug-likeness (QED) is 0.697. The Kier molecular flexibility index (Phi) is 5.42. The van der Waals surface area contributed by atoms with Crippen LogP contribution in [0.5, 0.6) is 0 Å². The van der Waals surface area contributed by atoms with Gasteiger partial charge in [-0.3, -0.25) is 0 Å². The third-order valence-electron chi connectivity index (χ3n) is 4.35. The van der Waals surface area contributed by atoms with Gasteiger partial charge in [0.05, 0.1) is 11.6 Å². The van der Waals surface area contributed by atoms with Crippen molar-refractivity contribution in [3.05, 3.63) is 66.0 Å². The average molecular weight is 356 g/mol. The normalized spacial score (nSPS) is 14.0. The topological polar surface area (TPSA) is 41.1 Å². The van der Waals surface area contributed by atoms with E-state index in [1.165, 1.54) is 0 Å². The molecule has 6 heteroatoms. The van der Waals surface area contributed by atoms with E-state index in [-0.39, 0.29) is 12.1 Å². The van der Waals surface area contributed by atoms with E-state index in [0.717, 1.165) is 10.9 Å². The molecule has 2 atom stereocenters. The van der Waals surface area contributed by atoms with Gasteiger partial charge < -0.3 is 10.2 Å². The number of hydrogen-bond acceptors (Lipinski definition) is 4. The molecule has 3 aromatic rings. The Morgan fingerprint density at radius 1 is 0.923 bits per heavy atom. The Morgan fingerprint density at radius 3 is 2.23 bits per heavy atom. The lowest BCUT2D eigenvalue weighted by molar-refractivity contribution is 0.141. The highest BCUT2D eigenvalue weighted by Gasteiger charge is 2.23. The number of hydrogen-bond donors (Lipinski definition) is 1. The fourth-order valence-corrected chi connectivity index (χ4v) is 3.28. The van der Waals surface area contributed by atoms with E-state index in [1.54, 1.807) is 12.1 Å². The first-order valence-corrected chi connectivity index (χ1v) is 8.50. The van der Waals surface area contributed by atoms with E-state index in [9.17, 15) is 8.78 Å². The van der Waals surface area contributed by atoms with Gasteiger partial charge in [-0.1, -0.05) is 42.5 Å². The largest absolute Gasteiger partial charge is 0.365 e. The molecule has 0 spiro atoms. The molecular weight excluding hydrogens is 334 g/mol. The molecule has 2 aromatic carbocycles. The fraction of sp³-hybridized carbons (Fsp3) is 0.300. The predicted octanol–water partition coefficient (Wildman–Crippen LogP) is 4.67. The molecule has 0 saturated carbocycles. The molecule has 1 aromatic heterocycles. The van der Waals surface area contributed by atoms with Crippen LogP contribution in [0.3, 0.4) is 0 Å². The molecule has 0 aliphatic heterocycles. The second-order valence-corrected chi connectivity index (χ2v) is 6.50. The maximum Gasteiger partial charge on any atom is 0.297 e. The highest BCUT2D eigenvalue weighted by Crippen LogP contribution is 2.28. The van der Waals surface area contributed by atoms with E-state index in [2.05, 4.69) is 32.3 Å². The Labute approximate surface area is 151 Å². The number of likely N-dealkylation sites (N-methyl/N-ethyl adjacent to an activating group) is 1. The zero-order chi connectivity index (χ0) is 18.7. The predicted molar refractivity (Wildman–Crippen MR) is 100 cm³/mol. The number of anilines is 1. The molecule has 0 unspecified atom stereocenters. The van der Waals surface area contributed by atoms with Gasteiger partial charge in [-0.2, -0.15) is 0 Å². The fourth-order valence-electron chi connectivity index (χ4n) is 3.28. The standard InChI is InChI=1S/C20H22F2N4/c1-13(17(26(2)3)14-9-5-4-6-10-14)23-19-15-11-7-8-12-16(15)24-20(25-19)18(21)22/h4-13,17-18H,1-3H3,(H,23,24,25)/t13-,17+/m0/s1. The average Bonchev–Trinajstić information content (AvgIpc) is 2.62. The van der Waals surface area contributed by atoms with Crippen LogP contribution in [-0.4, -0.2) is 35.0 Å². The molecule has 0 amide bonds. The molecular formula is C20H22F2N4. The van der Waals surface area contributed by atoms with Crippen molar-refractivity contribution in [2.75, 3.05) is 19.4 Å². The first-order chi connectivity index (χ1) is 12.5. The Morgan fingerprint density at radius 2 is 1.58 bits per heavy atom. The molecule has 0 fully saturated rings. The van der Waals surface area contributed by atoms with Gasteiger partial charge in [0.25, 0.3) is 6.43 Å². The van der Waals surface area contributed by atoms with Crippen LogP contribution in [0.2, 0.25) is 0 Å². The molecule has 3 rings (SSSR count). The number of rotatable bonds is 6. The van der Waals surface area contributed by atoms with Crippen molar-refractivity contribution in [2.24, 2.45) is 0 Å². The van der Waals surface area contributed by atoms with Crippen LogP contribution < -0.4 is 5.32 Å². The molecule has 26 heavy (non-hydrogen) atoms. The lowest BCUT2D eigenvalue weighted by atomic mass is 9.99. The zero-order valence-electron chi connectivity index (χ0n) is 15.0. The summed E-state index contributed by atoms with van der Waals surface area (Å²) in [6, 6.07) is 17.3. The summed E-state index contributed by atoms with van der Waals surface area (Å²) in [5.74, 6) is -0.0271. The number of aromatic nitrogens is 2. The number of alkyl halides is 2. The van der Waals surface area contributed by atoms with Gasteiger partial charge in [0.1, 0.15) is 5.82 Å². The maximum absolute atomic E-state index is 13.2. The summed E-state index contributed by atoms with van der Waals surface area (Å²) in [6.07, 6.45) is -2.71. The number of fused-ring (bicyclic) bond motifs is 1. The van der Waals surface area contributed by atoms with Crippen LogP contribution in [-0.2, 0) is 0 Å². The van der Waals surface area contributed by atoms with E-state index in [0.29, 0.717) is 11.3 Å². The molecule has 0 aliphatic carbocycles. The first-order valence-electron chi connectivity index (χ1n) is 8.50. The lowest BCUT2D eigenvalue weighted by Crippen LogP contribution is -2.34. The van der Waals surface area contributed by atoms with Crippen LogP contribution in [0.15, 0.2) is 54.6 Å². The summed E-state index contributed by atoms with van der Waals surface area (Å²) in [5.41, 5.74) is 1.65. The number of para-hydroxylation sites is 1. The van der Waals surface area contributed by atoms with Crippen molar-refractivity contribution in [2.45, 2.75) is 25.4 Å². The molecule has 0 bridgehead atoms. The summed E-state index contributed by atoms with van der Waals surface area (Å²) >= 11 is 0. The van der Waals surface area contributed by atoms with Crippen molar-refractivity contribution in [3.8, 4) is 0 Å². The Bertz CT molecular complexity index is 868. The highest BCUT2D eigenvalue weighted by atomic mass is 19.3. The second-order valence-electron chi connectivity index (χ2n) is 6.50. The number of halogens is 2. The molecule has 1 N–H and O–H groups in total. The van der Waals surface area contributed by atoms with Gasteiger partial charge in [-0.05, 0) is 38.7 Å². The third kappa shape index (κ3) is 3.80. The van der Waals surface area contributed by atoms with Gasteiger partial charge in [-0.15, -0.1) is 0 Å². The monoisotopic (exact) mass is 356 g/mol. The Hall–Kier alpha value is -2.60. The highest BCUT2D eigenvalue weighted by molar-refractivity contribution is 5.89. The van der Waals surface area contributed by atoms with Crippen molar-refractivity contribution in [3.63, 3.8) is 0 Å². The summed E-state index contributed by atoms with van der Waals surface area (Å²) in [4.78, 5) is 10.2. The van der Waals surface area contributed by atoms with E-state index >= 15 is 0 Å². The van der Waals surface area contributed by atoms with Crippen LogP contribution in [0.1, 0.15) is 30.8 Å². The van der Waals surface area contributed by atoms with Crippen molar-refractivity contribution >= 4 is 16.7 Å². The number of nitrogens with zero attached hydrogens (tertiary/aromatic N) is 3. The summed E-state index contributed by atoms with van der Waals surface area (Å²) < 4.78 is 26.4. The Balaban J connectivity index is 1.99. The summed E-state index contributed by atoms with van der Waals surface area (Å²) in [7, 11) is 4.00. The van der Waals surface area contributed by atoms with Gasteiger partial charge >= 0.3 is 0 Å². The van der Waals surface area contributed by atoms with Crippen molar-refractivity contribution in [1.29, 1.82) is 0 Å². The number of nitrogens with one attached hydrogen (secondary N) is 1. The van der Waals surface area contributed by atoms with Gasteiger partial charge in [0.2, 0.25) is 0 Å². The third-order valence-corrected chi connectivity index (χ3v) is 4.35. The first kappa shape index (κ1) is 18.2. The second kappa shape index (κ2) is 7.74. The molecule has 0 saturated heterocycles. The van der Waals surface area contributed by atoms with Crippen LogP contribution >= 0.6 is 0 Å². The van der Waals surface area contributed by atoms with Crippen LogP contribution in [0.25, 0.3) is 10.9 Å². The van der Waals surface area contributed by atoms with Gasteiger partial charge in [0.15, 0.2) is 5.82 Å². The summed E-state index contributed by atoms with van der Waals surface area (Å²) in [5, 5.41) is 4.06. The number of benzene rings is 2. The minimum absolute atomic E-state index is 0.0555. The lowest BCUT2D eigenvalue weighted by Gasteiger charge is -2.31. The zero-order valence-corrected chi connectivity index (χ0v) is 15.0. The van der Waals surface area contributed by atoms with Crippen molar-refractivity contribution in [1.82, 2.24) is 14.9 Å². The van der Waals surface area contributed by atoms with Crippen LogP contribution in [0.4, 0.5) is 14.6 Å². The van der Waals surface area contributed by atoms with E-state index in [1.807, 2.05) is 51.4 Å².